The Labute approximate surface area is 369 Å². The first kappa shape index (κ1) is 58.0. The van der Waals surface area contributed by atoms with Crippen LogP contribution in [0.25, 0.3) is 0 Å². The number of unbranched alkanes of at least 4 members (excludes halogenated alkanes) is 22. The van der Waals surface area contributed by atoms with Gasteiger partial charge in [-0.25, -0.2) is 0 Å². The van der Waals surface area contributed by atoms with Crippen molar-refractivity contribution in [1.82, 2.24) is 0 Å². The maximum absolute atomic E-state index is 12.7. The van der Waals surface area contributed by atoms with E-state index in [2.05, 4.69) is 62.5 Å². The van der Waals surface area contributed by atoms with Gasteiger partial charge in [0.05, 0.1) is 27.7 Å². The molecule has 0 rings (SSSR count). The summed E-state index contributed by atoms with van der Waals surface area (Å²) < 4.78 is 33.9. The van der Waals surface area contributed by atoms with Crippen LogP contribution in [-0.4, -0.2) is 70.0 Å². The zero-order valence-corrected chi connectivity index (χ0v) is 40.3. The van der Waals surface area contributed by atoms with Gasteiger partial charge in [0.25, 0.3) is 7.82 Å². The van der Waals surface area contributed by atoms with Crippen molar-refractivity contribution in [2.75, 3.05) is 47.5 Å². The fourth-order valence-electron chi connectivity index (χ4n) is 6.55. The number of hydrogen-bond donors (Lipinski definition) is 0. The maximum Gasteiger partial charge on any atom is 0.306 e. The number of quaternary nitrogens is 1. The Hall–Kier alpha value is -2.03. The second kappa shape index (κ2) is 42.3. The maximum atomic E-state index is 12.7. The summed E-state index contributed by atoms with van der Waals surface area (Å²) >= 11 is 0. The lowest BCUT2D eigenvalue weighted by Crippen LogP contribution is -2.37. The summed E-state index contributed by atoms with van der Waals surface area (Å²) in [7, 11) is 1.14. The Balaban J connectivity index is 4.22. The van der Waals surface area contributed by atoms with E-state index < -0.39 is 32.5 Å². The van der Waals surface area contributed by atoms with Crippen molar-refractivity contribution in [2.24, 2.45) is 0 Å². The number of likely N-dealkylation sites (N-methyl/N-ethyl adjacent to an activating group) is 1. The van der Waals surface area contributed by atoms with E-state index in [9.17, 15) is 19.0 Å². The molecule has 0 aliphatic heterocycles. The highest BCUT2D eigenvalue weighted by Gasteiger charge is 2.21. The van der Waals surface area contributed by atoms with Crippen molar-refractivity contribution in [3.05, 3.63) is 48.6 Å². The normalized spacial score (nSPS) is 13.9. The Morgan fingerprint density at radius 2 is 0.950 bits per heavy atom. The number of phosphoric ester groups is 1. The molecule has 2 atom stereocenters. The summed E-state index contributed by atoms with van der Waals surface area (Å²) in [4.78, 5) is 37.6. The number of carbonyl (C=O) groups excluding carboxylic acids is 2. The van der Waals surface area contributed by atoms with Gasteiger partial charge in [0.1, 0.15) is 19.8 Å². The van der Waals surface area contributed by atoms with Crippen LogP contribution < -0.4 is 4.89 Å². The monoisotopic (exact) mass is 866 g/mol. The highest BCUT2D eigenvalue weighted by Crippen LogP contribution is 2.38. The number of hydrogen-bond acceptors (Lipinski definition) is 8. The molecule has 0 aliphatic rings. The van der Waals surface area contributed by atoms with Crippen molar-refractivity contribution >= 4 is 19.8 Å². The van der Waals surface area contributed by atoms with Crippen LogP contribution >= 0.6 is 7.82 Å². The standard InChI is InChI=1S/C50H92NO8P/c1-6-8-10-12-14-16-18-20-21-22-23-24-25-26-27-28-29-31-32-34-36-38-40-42-49(52)56-46-48(47-58-60(54,55)57-45-44-51(3,4)5)59-50(53)43-41-39-37-35-33-30-19-17-15-13-11-9-7-2/h9,11,15,17,22-23,30,33,48H,6-8,10,12-14,16,18-21,24-29,31-32,34-47H2,1-5H3/b11-9-,17-15-,23-22-,33-30-. The van der Waals surface area contributed by atoms with Crippen LogP contribution in [-0.2, 0) is 32.7 Å². The molecule has 0 spiro atoms. The number of ether oxygens (including phenoxy) is 2. The van der Waals surface area contributed by atoms with Gasteiger partial charge in [0.2, 0.25) is 0 Å². The minimum atomic E-state index is -4.63. The summed E-state index contributed by atoms with van der Waals surface area (Å²) in [6.07, 6.45) is 50.1. The first-order chi connectivity index (χ1) is 29.0. The van der Waals surface area contributed by atoms with Gasteiger partial charge in [0, 0.05) is 12.8 Å². The molecule has 0 aliphatic carbocycles. The predicted molar refractivity (Wildman–Crippen MR) is 250 cm³/mol. The third-order valence-electron chi connectivity index (χ3n) is 10.3. The minimum absolute atomic E-state index is 0.0377. The molecule has 0 radical (unpaired) electrons. The molecule has 0 saturated carbocycles. The van der Waals surface area contributed by atoms with Gasteiger partial charge in [-0.15, -0.1) is 0 Å². The molecule has 0 bridgehead atoms. The Morgan fingerprint density at radius 3 is 1.45 bits per heavy atom. The van der Waals surface area contributed by atoms with Gasteiger partial charge in [-0.1, -0.05) is 172 Å². The van der Waals surface area contributed by atoms with Crippen LogP contribution in [0, 0.1) is 0 Å². The molecule has 0 aromatic rings. The molecular weight excluding hydrogens is 774 g/mol. The summed E-state index contributed by atoms with van der Waals surface area (Å²) in [6, 6.07) is 0. The van der Waals surface area contributed by atoms with E-state index in [0.29, 0.717) is 17.4 Å². The van der Waals surface area contributed by atoms with Crippen LogP contribution in [0.4, 0.5) is 0 Å². The van der Waals surface area contributed by atoms with Crippen molar-refractivity contribution in [3.63, 3.8) is 0 Å². The first-order valence-electron chi connectivity index (χ1n) is 24.3. The van der Waals surface area contributed by atoms with E-state index in [0.717, 1.165) is 57.8 Å². The highest BCUT2D eigenvalue weighted by molar-refractivity contribution is 7.45. The molecule has 0 N–H and O–H groups in total. The molecule has 350 valence electrons. The van der Waals surface area contributed by atoms with Gasteiger partial charge in [0.15, 0.2) is 6.10 Å². The SMILES string of the molecule is CC/C=C\C/C=C\C/C=C\CCCCCC(=O)OC(COC(=O)CCCCCCCCCCCCC/C=C\CCCCCCCCCC)COP(=O)([O-])OCC[N+](C)(C)C. The molecule has 0 aromatic carbocycles. The minimum Gasteiger partial charge on any atom is -0.756 e. The van der Waals surface area contributed by atoms with Crippen molar-refractivity contribution < 1.29 is 42.1 Å². The van der Waals surface area contributed by atoms with E-state index in [1.165, 1.54) is 116 Å². The smallest absolute Gasteiger partial charge is 0.306 e. The highest BCUT2D eigenvalue weighted by atomic mass is 31.2. The van der Waals surface area contributed by atoms with Gasteiger partial charge in [-0.3, -0.25) is 14.2 Å². The third kappa shape index (κ3) is 45.5. The van der Waals surface area contributed by atoms with Crippen LogP contribution in [0.2, 0.25) is 0 Å². The van der Waals surface area contributed by atoms with Gasteiger partial charge < -0.3 is 27.9 Å². The largest absolute Gasteiger partial charge is 0.756 e. The quantitative estimate of drug-likeness (QED) is 0.0196. The predicted octanol–water partition coefficient (Wildman–Crippen LogP) is 13.6. The van der Waals surface area contributed by atoms with Crippen LogP contribution in [0.1, 0.15) is 206 Å². The summed E-state index contributed by atoms with van der Waals surface area (Å²) in [5, 5.41) is 0. The first-order valence-corrected chi connectivity index (χ1v) is 25.8. The summed E-state index contributed by atoms with van der Waals surface area (Å²) in [5.74, 6) is -0.868. The molecule has 0 amide bonds. The van der Waals surface area contributed by atoms with Gasteiger partial charge >= 0.3 is 11.9 Å². The number of phosphoric acid groups is 1. The average molecular weight is 866 g/mol. The second-order valence-electron chi connectivity index (χ2n) is 17.4. The molecule has 0 fully saturated rings. The summed E-state index contributed by atoms with van der Waals surface area (Å²) in [5.41, 5.74) is 0. The Morgan fingerprint density at radius 1 is 0.533 bits per heavy atom. The zero-order chi connectivity index (χ0) is 44.3. The lowest BCUT2D eigenvalue weighted by molar-refractivity contribution is -0.870. The molecule has 0 heterocycles. The topological polar surface area (TPSA) is 111 Å². The van der Waals surface area contributed by atoms with Crippen LogP contribution in [0.15, 0.2) is 48.6 Å². The fourth-order valence-corrected chi connectivity index (χ4v) is 7.27. The van der Waals surface area contributed by atoms with E-state index >= 15 is 0 Å². The van der Waals surface area contributed by atoms with Crippen molar-refractivity contribution in [1.29, 1.82) is 0 Å². The van der Waals surface area contributed by atoms with E-state index in [1.807, 2.05) is 21.1 Å². The lowest BCUT2D eigenvalue weighted by Gasteiger charge is -2.28. The second-order valence-corrected chi connectivity index (χ2v) is 18.9. The van der Waals surface area contributed by atoms with E-state index in [4.69, 9.17) is 18.5 Å². The van der Waals surface area contributed by atoms with Crippen molar-refractivity contribution in [2.45, 2.75) is 213 Å². The van der Waals surface area contributed by atoms with E-state index in [-0.39, 0.29) is 26.1 Å². The fraction of sp³-hybridized carbons (Fsp3) is 0.800. The number of nitrogens with zero attached hydrogens (tertiary/aromatic N) is 1. The summed E-state index contributed by atoms with van der Waals surface area (Å²) in [6.45, 7) is 4.08. The average Bonchev–Trinajstić information content (AvgIpc) is 3.20. The number of esters is 2. The lowest BCUT2D eigenvalue weighted by atomic mass is 10.0. The van der Waals surface area contributed by atoms with Gasteiger partial charge in [-0.05, 0) is 70.6 Å². The third-order valence-corrected chi connectivity index (χ3v) is 11.3. The molecule has 10 heteroatoms. The molecule has 0 aromatic heterocycles. The molecular formula is C50H92NO8P. The molecule has 60 heavy (non-hydrogen) atoms. The molecule has 0 saturated heterocycles. The van der Waals surface area contributed by atoms with Crippen LogP contribution in [0.3, 0.4) is 0 Å². The number of allylic oxidation sites excluding steroid dienone is 8. The van der Waals surface area contributed by atoms with Crippen molar-refractivity contribution in [3.8, 4) is 0 Å². The zero-order valence-electron chi connectivity index (χ0n) is 39.4. The van der Waals surface area contributed by atoms with Gasteiger partial charge in [-0.2, -0.15) is 0 Å². The van der Waals surface area contributed by atoms with Crippen LogP contribution in [0.5, 0.6) is 0 Å². The number of rotatable bonds is 44. The molecule has 2 unspecified atom stereocenters. The Kier molecular flexibility index (Phi) is 40.8. The Bertz CT molecular complexity index is 1160. The molecule has 9 nitrogen and oxygen atoms in total. The number of carbonyl (C=O) groups is 2. The van der Waals surface area contributed by atoms with E-state index in [1.54, 1.807) is 0 Å².